The number of carboxylic acids is 2. The van der Waals surface area contributed by atoms with Crippen LogP contribution < -0.4 is 4.74 Å². The molecule has 5 nitrogen and oxygen atoms in total. The molecule has 0 spiro atoms. The third kappa shape index (κ3) is 4.16. The highest BCUT2D eigenvalue weighted by atomic mass is 35.5. The molecule has 0 aliphatic heterocycles. The van der Waals surface area contributed by atoms with E-state index in [1.54, 1.807) is 24.3 Å². The number of halogens is 3. The number of carboxylic acid groups (broad SMARTS) is 2. The molecule has 0 amide bonds. The van der Waals surface area contributed by atoms with Crippen LogP contribution in [-0.2, 0) is 9.59 Å². The Balaban J connectivity index is 0.00000220. The molecule has 1 aliphatic rings. The number of ether oxygens (including phenoxy) is 1. The molecule has 0 saturated heterocycles. The summed E-state index contributed by atoms with van der Waals surface area (Å²) in [6, 6.07) is 6.50. The Hall–Kier alpha value is -1.69. The number of rotatable bonds is 4. The summed E-state index contributed by atoms with van der Waals surface area (Å²) in [4.78, 5) is 22.3. The molecule has 8 heteroatoms. The van der Waals surface area contributed by atoms with E-state index in [0.29, 0.717) is 0 Å². The number of hydrogen-bond donors (Lipinski definition) is 2. The Morgan fingerprint density at radius 2 is 1.82 bits per heavy atom. The Labute approximate surface area is 144 Å². The number of benzene rings is 1. The molecule has 0 bridgehead atoms. The van der Waals surface area contributed by atoms with E-state index in [1.165, 1.54) is 18.2 Å². The van der Waals surface area contributed by atoms with Gasteiger partial charge in [-0.25, -0.2) is 9.59 Å². The second-order valence-corrected chi connectivity index (χ2v) is 4.64. The van der Waals surface area contributed by atoms with Crippen LogP contribution in [0, 0.1) is 0 Å². The molecule has 1 unspecified atom stereocenters. The zero-order chi connectivity index (χ0) is 14.8. The zero-order valence-corrected chi connectivity index (χ0v) is 13.5. The summed E-state index contributed by atoms with van der Waals surface area (Å²) in [5.74, 6) is -2.10. The Bertz CT molecular complexity index is 627. The predicted molar refractivity (Wildman–Crippen MR) is 86.4 cm³/mol. The highest BCUT2D eigenvalue weighted by Gasteiger charge is 2.40. The number of hydrogen-bond acceptors (Lipinski definition) is 3. The minimum Gasteiger partial charge on any atom is -0.478 e. The predicted octanol–water partition coefficient (Wildman–Crippen LogP) is 3.36. The van der Waals surface area contributed by atoms with Gasteiger partial charge >= 0.3 is 11.9 Å². The summed E-state index contributed by atoms with van der Waals surface area (Å²) in [5.41, 5.74) is -1.62. The summed E-state index contributed by atoms with van der Waals surface area (Å²) in [7, 11) is 0. The lowest BCUT2D eigenvalue weighted by Gasteiger charge is -2.28. The van der Waals surface area contributed by atoms with Crippen LogP contribution in [0.4, 0.5) is 0 Å². The van der Waals surface area contributed by atoms with Gasteiger partial charge < -0.3 is 14.9 Å². The standard InChI is InChI=1S/C14H11ClO5.2ClH/c15-10-3-1-2-4-11(10)20-14(13(18)19)7-5-9(6-8-14)12(16)17;;/h1-7H,8H2,(H,16,17)(H,18,19);2*1H. The first kappa shape index (κ1) is 20.3. The van der Waals surface area contributed by atoms with Gasteiger partial charge in [-0.3, -0.25) is 0 Å². The van der Waals surface area contributed by atoms with Crippen molar-refractivity contribution >= 4 is 48.4 Å². The van der Waals surface area contributed by atoms with Gasteiger partial charge in [0.05, 0.1) is 10.6 Å². The van der Waals surface area contributed by atoms with Crippen molar-refractivity contribution in [2.75, 3.05) is 0 Å². The van der Waals surface area contributed by atoms with Crippen LogP contribution in [0.15, 0.2) is 48.1 Å². The molecule has 0 saturated carbocycles. The van der Waals surface area contributed by atoms with Gasteiger partial charge in [0, 0.05) is 6.42 Å². The van der Waals surface area contributed by atoms with Crippen LogP contribution in [0.3, 0.4) is 0 Å². The van der Waals surface area contributed by atoms with Crippen molar-refractivity contribution in [3.63, 3.8) is 0 Å². The molecule has 0 aromatic heterocycles. The summed E-state index contributed by atoms with van der Waals surface area (Å²) in [6.45, 7) is 0. The van der Waals surface area contributed by atoms with Crippen LogP contribution in [0.25, 0.3) is 0 Å². The molecule has 1 aromatic rings. The van der Waals surface area contributed by atoms with Gasteiger partial charge in [0.2, 0.25) is 5.60 Å². The number of para-hydroxylation sites is 1. The van der Waals surface area contributed by atoms with E-state index < -0.39 is 17.5 Å². The van der Waals surface area contributed by atoms with Gasteiger partial charge in [0.1, 0.15) is 5.75 Å². The molecule has 0 radical (unpaired) electrons. The van der Waals surface area contributed by atoms with Crippen molar-refractivity contribution in [3.05, 3.63) is 53.1 Å². The molecular weight excluding hydrogens is 355 g/mol. The van der Waals surface area contributed by atoms with Gasteiger partial charge in [-0.2, -0.15) is 0 Å². The molecule has 2 rings (SSSR count). The minimum atomic E-state index is -1.65. The van der Waals surface area contributed by atoms with Gasteiger partial charge in [-0.05, 0) is 24.3 Å². The van der Waals surface area contributed by atoms with Gasteiger partial charge in [-0.1, -0.05) is 29.8 Å². The molecule has 1 atom stereocenters. The summed E-state index contributed by atoms with van der Waals surface area (Å²) in [6.07, 6.45) is 3.66. The van der Waals surface area contributed by atoms with Crippen molar-refractivity contribution in [1.82, 2.24) is 0 Å². The lowest BCUT2D eigenvalue weighted by molar-refractivity contribution is -0.151. The fourth-order valence-corrected chi connectivity index (χ4v) is 1.96. The van der Waals surface area contributed by atoms with Crippen LogP contribution in [0.5, 0.6) is 5.75 Å². The van der Waals surface area contributed by atoms with Crippen molar-refractivity contribution in [2.45, 2.75) is 12.0 Å². The molecule has 0 heterocycles. The highest BCUT2D eigenvalue weighted by molar-refractivity contribution is 6.32. The van der Waals surface area contributed by atoms with E-state index in [0.717, 1.165) is 0 Å². The van der Waals surface area contributed by atoms with Crippen LogP contribution >= 0.6 is 36.4 Å². The number of aliphatic carboxylic acids is 2. The first-order valence-electron chi connectivity index (χ1n) is 5.74. The SMILES string of the molecule is Cl.Cl.O=C(O)C1=CCC(Oc2ccccc2Cl)(C(=O)O)C=C1. The lowest BCUT2D eigenvalue weighted by atomic mass is 9.91. The van der Waals surface area contributed by atoms with Gasteiger partial charge in [-0.15, -0.1) is 24.8 Å². The largest absolute Gasteiger partial charge is 0.478 e. The lowest BCUT2D eigenvalue weighted by Crippen LogP contribution is -2.43. The molecule has 0 fully saturated rings. The normalized spacial score (nSPS) is 19.2. The van der Waals surface area contributed by atoms with Crippen molar-refractivity contribution in [1.29, 1.82) is 0 Å². The van der Waals surface area contributed by atoms with Crippen LogP contribution in [0.2, 0.25) is 5.02 Å². The molecule has 1 aliphatic carbocycles. The van der Waals surface area contributed by atoms with Crippen LogP contribution in [-0.4, -0.2) is 27.8 Å². The van der Waals surface area contributed by atoms with Gasteiger partial charge in [0.15, 0.2) is 0 Å². The molecule has 120 valence electrons. The highest BCUT2D eigenvalue weighted by Crippen LogP contribution is 2.32. The molecule has 2 N–H and O–H groups in total. The molecular formula is C14H13Cl3O5. The zero-order valence-electron chi connectivity index (χ0n) is 11.1. The third-order valence-corrected chi connectivity index (χ3v) is 3.21. The first-order chi connectivity index (χ1) is 9.44. The van der Waals surface area contributed by atoms with E-state index in [9.17, 15) is 14.7 Å². The smallest absolute Gasteiger partial charge is 0.352 e. The minimum absolute atomic E-state index is 0. The van der Waals surface area contributed by atoms with Crippen molar-refractivity contribution in [2.24, 2.45) is 0 Å². The fraction of sp³-hybridized carbons (Fsp3) is 0.143. The third-order valence-electron chi connectivity index (χ3n) is 2.90. The van der Waals surface area contributed by atoms with Crippen LogP contribution in [0.1, 0.15) is 6.42 Å². The van der Waals surface area contributed by atoms with Gasteiger partial charge in [0.25, 0.3) is 0 Å². The Morgan fingerprint density at radius 3 is 2.27 bits per heavy atom. The summed E-state index contributed by atoms with van der Waals surface area (Å²) in [5, 5.41) is 18.5. The van der Waals surface area contributed by atoms with E-state index >= 15 is 0 Å². The van der Waals surface area contributed by atoms with Crippen molar-refractivity contribution in [3.8, 4) is 5.75 Å². The fourth-order valence-electron chi connectivity index (χ4n) is 1.78. The molecule has 1 aromatic carbocycles. The average molecular weight is 368 g/mol. The topological polar surface area (TPSA) is 83.8 Å². The first-order valence-corrected chi connectivity index (χ1v) is 6.12. The van der Waals surface area contributed by atoms with E-state index in [-0.39, 0.29) is 47.6 Å². The molecule has 22 heavy (non-hydrogen) atoms. The maximum absolute atomic E-state index is 11.5. The van der Waals surface area contributed by atoms with E-state index in [2.05, 4.69) is 0 Å². The maximum atomic E-state index is 11.5. The maximum Gasteiger partial charge on any atom is 0.352 e. The second kappa shape index (κ2) is 8.08. The number of carbonyl (C=O) groups is 2. The average Bonchev–Trinajstić information content (AvgIpc) is 2.42. The van der Waals surface area contributed by atoms with E-state index in [4.69, 9.17) is 21.4 Å². The Morgan fingerprint density at radius 1 is 1.18 bits per heavy atom. The summed E-state index contributed by atoms with van der Waals surface area (Å²) < 4.78 is 5.51. The van der Waals surface area contributed by atoms with Crippen molar-refractivity contribution < 1.29 is 24.5 Å². The van der Waals surface area contributed by atoms with E-state index in [1.807, 2.05) is 0 Å². The quantitative estimate of drug-likeness (QED) is 0.852. The Kier molecular flexibility index (Phi) is 7.46. The summed E-state index contributed by atoms with van der Waals surface area (Å²) >= 11 is 5.94. The second-order valence-electron chi connectivity index (χ2n) is 4.23. The monoisotopic (exact) mass is 366 g/mol.